The molecule has 1 heterocycles. The Kier molecular flexibility index (Phi) is 1.72. The highest BCUT2D eigenvalue weighted by Gasteiger charge is 2.15. The summed E-state index contributed by atoms with van der Waals surface area (Å²) in [4.78, 5) is 1.53. The van der Waals surface area contributed by atoms with Gasteiger partial charge in [0, 0.05) is 12.7 Å². The van der Waals surface area contributed by atoms with Crippen molar-refractivity contribution in [2.75, 3.05) is 7.05 Å². The van der Waals surface area contributed by atoms with E-state index in [1.807, 2.05) is 0 Å². The van der Waals surface area contributed by atoms with Crippen LogP contribution in [0.2, 0.25) is 0 Å². The first kappa shape index (κ1) is 7.85. The molecule has 2 N–H and O–H groups in total. The van der Waals surface area contributed by atoms with E-state index >= 15 is 0 Å². The fourth-order valence-corrected chi connectivity index (χ4v) is 0.917. The van der Waals surface area contributed by atoms with Gasteiger partial charge >= 0.3 is 0 Å². The van der Waals surface area contributed by atoms with Crippen LogP contribution < -0.4 is 5.73 Å². The first-order valence-corrected chi connectivity index (χ1v) is 3.30. The highest BCUT2D eigenvalue weighted by molar-refractivity contribution is 5.39. The van der Waals surface area contributed by atoms with Crippen LogP contribution in [0.3, 0.4) is 0 Å². The third-order valence-corrected chi connectivity index (χ3v) is 1.81. The third-order valence-electron chi connectivity index (χ3n) is 1.81. The van der Waals surface area contributed by atoms with Gasteiger partial charge in [0.05, 0.1) is 0 Å². The van der Waals surface area contributed by atoms with Gasteiger partial charge in [-0.1, -0.05) is 6.58 Å². The van der Waals surface area contributed by atoms with Crippen LogP contribution in [0.15, 0.2) is 35.6 Å². The molecule has 0 aromatic heterocycles. The van der Waals surface area contributed by atoms with Crippen molar-refractivity contribution in [1.82, 2.24) is 4.90 Å². The van der Waals surface area contributed by atoms with Crippen LogP contribution in [0.25, 0.3) is 0 Å². The lowest BCUT2D eigenvalue weighted by atomic mass is 10.1. The molecule has 0 aromatic carbocycles. The van der Waals surface area contributed by atoms with Crippen LogP contribution in [0.1, 0.15) is 6.92 Å². The maximum atomic E-state index is 12.8. The normalized spacial score (nSPS) is 19.0. The van der Waals surface area contributed by atoms with Gasteiger partial charge in [0.15, 0.2) is 5.83 Å². The molecule has 1 aliphatic heterocycles. The minimum absolute atomic E-state index is 0.126. The van der Waals surface area contributed by atoms with E-state index in [1.54, 1.807) is 14.0 Å². The van der Waals surface area contributed by atoms with Crippen molar-refractivity contribution in [2.45, 2.75) is 6.92 Å². The summed E-state index contributed by atoms with van der Waals surface area (Å²) in [5.74, 6) is -0.266. The SMILES string of the molecule is C=C1C(C)=CC(F)=C(N)N1C. The Morgan fingerprint density at radius 2 is 2.18 bits per heavy atom. The molecule has 0 bridgehead atoms. The molecule has 0 aromatic rings. The largest absolute Gasteiger partial charge is 0.383 e. The summed E-state index contributed by atoms with van der Waals surface area (Å²) in [6.07, 6.45) is 1.39. The zero-order valence-electron chi connectivity index (χ0n) is 6.69. The van der Waals surface area contributed by atoms with E-state index in [9.17, 15) is 4.39 Å². The van der Waals surface area contributed by atoms with E-state index in [0.29, 0.717) is 0 Å². The van der Waals surface area contributed by atoms with Crippen LogP contribution in [0.5, 0.6) is 0 Å². The van der Waals surface area contributed by atoms with Crippen molar-refractivity contribution in [1.29, 1.82) is 0 Å². The fourth-order valence-electron chi connectivity index (χ4n) is 0.917. The lowest BCUT2D eigenvalue weighted by molar-refractivity contribution is 0.474. The topological polar surface area (TPSA) is 29.3 Å². The number of hydrogen-bond donors (Lipinski definition) is 1. The third kappa shape index (κ3) is 1.13. The van der Waals surface area contributed by atoms with E-state index in [-0.39, 0.29) is 5.82 Å². The van der Waals surface area contributed by atoms with Gasteiger partial charge in [-0.2, -0.15) is 0 Å². The molecule has 0 fully saturated rings. The maximum Gasteiger partial charge on any atom is 0.163 e. The Morgan fingerprint density at radius 3 is 2.73 bits per heavy atom. The molecule has 0 saturated heterocycles. The van der Waals surface area contributed by atoms with Crippen molar-refractivity contribution in [2.24, 2.45) is 5.73 Å². The van der Waals surface area contributed by atoms with Gasteiger partial charge < -0.3 is 10.6 Å². The van der Waals surface area contributed by atoms with Crippen molar-refractivity contribution in [3.63, 3.8) is 0 Å². The zero-order valence-corrected chi connectivity index (χ0v) is 6.69. The molecule has 60 valence electrons. The molecule has 11 heavy (non-hydrogen) atoms. The molecule has 0 amide bonds. The number of allylic oxidation sites excluding steroid dienone is 3. The Labute approximate surface area is 65.5 Å². The Morgan fingerprint density at radius 1 is 1.64 bits per heavy atom. The predicted molar refractivity (Wildman–Crippen MR) is 43.0 cm³/mol. The lowest BCUT2D eigenvalue weighted by Crippen LogP contribution is -2.26. The highest BCUT2D eigenvalue weighted by Crippen LogP contribution is 2.23. The van der Waals surface area contributed by atoms with Gasteiger partial charge in [0.1, 0.15) is 5.82 Å². The second-order valence-electron chi connectivity index (χ2n) is 2.57. The van der Waals surface area contributed by atoms with Crippen molar-refractivity contribution < 1.29 is 4.39 Å². The molecule has 2 nitrogen and oxygen atoms in total. The van der Waals surface area contributed by atoms with E-state index in [2.05, 4.69) is 6.58 Å². The summed E-state index contributed by atoms with van der Waals surface area (Å²) in [5, 5.41) is 0. The Bertz CT molecular complexity index is 263. The predicted octanol–water partition coefficient (Wildman–Crippen LogP) is 1.49. The van der Waals surface area contributed by atoms with E-state index in [4.69, 9.17) is 5.73 Å². The number of nitrogens with two attached hydrogens (primary N) is 1. The standard InChI is InChI=1S/C8H11FN2/c1-5-4-7(9)8(10)11(3)6(5)2/h4H,2,10H2,1,3H3. The quantitative estimate of drug-likeness (QED) is 0.572. The molecule has 0 saturated carbocycles. The molecule has 0 atom stereocenters. The molecular formula is C8H11FN2. The summed E-state index contributed by atoms with van der Waals surface area (Å²) in [6.45, 7) is 5.53. The van der Waals surface area contributed by atoms with Gasteiger partial charge in [0.2, 0.25) is 0 Å². The average Bonchev–Trinajstić information content (AvgIpc) is 1.97. The number of nitrogens with zero attached hydrogens (tertiary/aromatic N) is 1. The summed E-state index contributed by atoms with van der Waals surface area (Å²) in [6, 6.07) is 0. The fraction of sp³-hybridized carbons (Fsp3) is 0.250. The first-order chi connectivity index (χ1) is 5.04. The summed E-state index contributed by atoms with van der Waals surface area (Å²) in [5.41, 5.74) is 6.94. The molecule has 3 heteroatoms. The molecular weight excluding hydrogens is 143 g/mol. The average molecular weight is 154 g/mol. The van der Waals surface area contributed by atoms with Crippen molar-refractivity contribution in [3.05, 3.63) is 35.6 Å². The molecule has 1 aliphatic rings. The van der Waals surface area contributed by atoms with Gasteiger partial charge in [0.25, 0.3) is 0 Å². The van der Waals surface area contributed by atoms with Gasteiger partial charge in [-0.25, -0.2) is 4.39 Å². The maximum absolute atomic E-state index is 12.8. The number of likely N-dealkylation sites (N-methyl/N-ethyl adjacent to an activating group) is 1. The van der Waals surface area contributed by atoms with Crippen molar-refractivity contribution in [3.8, 4) is 0 Å². The van der Waals surface area contributed by atoms with Crippen LogP contribution in [-0.4, -0.2) is 11.9 Å². The summed E-state index contributed by atoms with van der Waals surface area (Å²) >= 11 is 0. The smallest absolute Gasteiger partial charge is 0.163 e. The molecule has 0 unspecified atom stereocenters. The molecule has 1 rings (SSSR count). The second-order valence-corrected chi connectivity index (χ2v) is 2.57. The summed E-state index contributed by atoms with van der Waals surface area (Å²) in [7, 11) is 1.69. The monoisotopic (exact) mass is 154 g/mol. The van der Waals surface area contributed by atoms with E-state index in [1.165, 1.54) is 11.0 Å². The second kappa shape index (κ2) is 2.42. The van der Waals surface area contributed by atoms with Gasteiger partial charge in [-0.3, -0.25) is 0 Å². The van der Waals surface area contributed by atoms with Gasteiger partial charge in [-0.15, -0.1) is 0 Å². The van der Waals surface area contributed by atoms with Crippen LogP contribution in [-0.2, 0) is 0 Å². The van der Waals surface area contributed by atoms with Gasteiger partial charge in [-0.05, 0) is 18.6 Å². The van der Waals surface area contributed by atoms with Crippen molar-refractivity contribution >= 4 is 0 Å². The number of rotatable bonds is 0. The summed E-state index contributed by atoms with van der Waals surface area (Å²) < 4.78 is 12.8. The Balaban J connectivity index is 3.11. The first-order valence-electron chi connectivity index (χ1n) is 3.30. The van der Waals surface area contributed by atoms with E-state index in [0.717, 1.165) is 11.3 Å². The van der Waals surface area contributed by atoms with Crippen LogP contribution in [0, 0.1) is 0 Å². The molecule has 0 spiro atoms. The minimum atomic E-state index is -0.391. The molecule has 0 aliphatic carbocycles. The van der Waals surface area contributed by atoms with E-state index < -0.39 is 5.83 Å². The number of halogens is 1. The molecule has 0 radical (unpaired) electrons. The lowest BCUT2D eigenvalue weighted by Gasteiger charge is -2.25. The zero-order chi connectivity index (χ0) is 8.59. The minimum Gasteiger partial charge on any atom is -0.383 e. The highest BCUT2D eigenvalue weighted by atomic mass is 19.1. The Hall–Kier alpha value is -1.25. The van der Waals surface area contributed by atoms with Crippen LogP contribution in [0.4, 0.5) is 4.39 Å². The number of hydrogen-bond acceptors (Lipinski definition) is 2. The van der Waals surface area contributed by atoms with Crippen LogP contribution >= 0.6 is 0 Å².